The summed E-state index contributed by atoms with van der Waals surface area (Å²) >= 11 is 0. The van der Waals surface area contributed by atoms with Crippen molar-refractivity contribution in [3.05, 3.63) is 59.7 Å². The first-order valence-corrected chi connectivity index (χ1v) is 11.3. The van der Waals surface area contributed by atoms with Crippen LogP contribution in [-0.4, -0.2) is 50.7 Å². The molecule has 30 heavy (non-hydrogen) atoms. The van der Waals surface area contributed by atoms with Crippen LogP contribution in [-0.2, 0) is 32.5 Å². The average molecular weight is 430 g/mol. The number of nitrogens with zero attached hydrogens (tertiary/aromatic N) is 2. The SMILES string of the molecule is CC(=O)N1c2ccc(S(=O)(=O)N(C)CC(=O)NCCc3ccccc3)cc2C[C@@H]1C. The molecule has 0 bridgehead atoms. The van der Waals surface area contributed by atoms with E-state index in [0.717, 1.165) is 21.1 Å². The largest absolute Gasteiger partial charge is 0.355 e. The maximum atomic E-state index is 12.9. The number of carbonyl (C=O) groups excluding carboxylic acids is 2. The van der Waals surface area contributed by atoms with E-state index in [9.17, 15) is 18.0 Å². The van der Waals surface area contributed by atoms with Crippen LogP contribution in [0.3, 0.4) is 0 Å². The van der Waals surface area contributed by atoms with Gasteiger partial charge in [-0.15, -0.1) is 0 Å². The third kappa shape index (κ3) is 4.71. The first kappa shape index (κ1) is 22.0. The average Bonchev–Trinajstić information content (AvgIpc) is 3.03. The predicted molar refractivity (Wildman–Crippen MR) is 116 cm³/mol. The number of sulfonamides is 1. The van der Waals surface area contributed by atoms with Crippen molar-refractivity contribution in [3.8, 4) is 0 Å². The van der Waals surface area contributed by atoms with Crippen molar-refractivity contribution >= 4 is 27.5 Å². The molecular formula is C22H27N3O4S. The molecule has 3 rings (SSSR count). The molecule has 0 unspecified atom stereocenters. The Hall–Kier alpha value is -2.71. The Labute approximate surface area is 177 Å². The number of carbonyl (C=O) groups is 2. The molecule has 1 aliphatic rings. The van der Waals surface area contributed by atoms with Crippen LogP contribution in [0.25, 0.3) is 0 Å². The molecule has 0 aliphatic carbocycles. The molecule has 0 saturated heterocycles. The molecule has 2 aromatic rings. The lowest BCUT2D eigenvalue weighted by Gasteiger charge is -2.21. The predicted octanol–water partition coefficient (Wildman–Crippen LogP) is 1.96. The van der Waals surface area contributed by atoms with Crippen molar-refractivity contribution in [2.75, 3.05) is 25.0 Å². The molecule has 0 aromatic heterocycles. The Morgan fingerprint density at radius 2 is 1.87 bits per heavy atom. The van der Waals surface area contributed by atoms with E-state index in [1.54, 1.807) is 17.0 Å². The van der Waals surface area contributed by atoms with Crippen molar-refractivity contribution in [3.63, 3.8) is 0 Å². The molecule has 0 spiro atoms. The van der Waals surface area contributed by atoms with Gasteiger partial charge >= 0.3 is 0 Å². The molecule has 1 heterocycles. The van der Waals surface area contributed by atoms with Crippen molar-refractivity contribution in [1.82, 2.24) is 9.62 Å². The van der Waals surface area contributed by atoms with Gasteiger partial charge in [0.25, 0.3) is 0 Å². The van der Waals surface area contributed by atoms with Crippen LogP contribution in [0, 0.1) is 0 Å². The lowest BCUT2D eigenvalue weighted by atomic mass is 10.1. The topological polar surface area (TPSA) is 86.8 Å². The van der Waals surface area contributed by atoms with Gasteiger partial charge in [0, 0.05) is 32.2 Å². The third-order valence-electron chi connectivity index (χ3n) is 5.26. The van der Waals surface area contributed by atoms with Gasteiger partial charge in [-0.05, 0) is 49.1 Å². The Kier molecular flexibility index (Phi) is 6.58. The number of nitrogens with one attached hydrogen (secondary N) is 1. The zero-order valence-corrected chi connectivity index (χ0v) is 18.3. The summed E-state index contributed by atoms with van der Waals surface area (Å²) in [6, 6.07) is 14.5. The fourth-order valence-electron chi connectivity index (χ4n) is 3.76. The highest BCUT2D eigenvalue weighted by Crippen LogP contribution is 2.34. The second-order valence-corrected chi connectivity index (χ2v) is 9.62. The van der Waals surface area contributed by atoms with Gasteiger partial charge in [-0.1, -0.05) is 30.3 Å². The monoisotopic (exact) mass is 429 g/mol. The molecule has 1 N–H and O–H groups in total. The number of rotatable bonds is 7. The second-order valence-electron chi connectivity index (χ2n) is 7.58. The standard InChI is InChI=1S/C22H27N3O4S/c1-16-13-19-14-20(9-10-21(19)25(16)17(2)26)30(28,29)24(3)15-22(27)23-12-11-18-7-5-4-6-8-18/h4-10,14,16H,11-13,15H2,1-3H3,(H,23,27)/t16-/m0/s1. The van der Waals surface area contributed by atoms with Crippen molar-refractivity contribution < 1.29 is 18.0 Å². The zero-order chi connectivity index (χ0) is 21.9. The van der Waals surface area contributed by atoms with E-state index in [1.165, 1.54) is 20.0 Å². The molecule has 0 saturated carbocycles. The first-order valence-electron chi connectivity index (χ1n) is 9.90. The van der Waals surface area contributed by atoms with Crippen molar-refractivity contribution in [2.45, 2.75) is 37.6 Å². The quantitative estimate of drug-likeness (QED) is 0.729. The van der Waals surface area contributed by atoms with E-state index in [2.05, 4.69) is 5.32 Å². The molecule has 2 aromatic carbocycles. The Morgan fingerprint density at radius 1 is 1.17 bits per heavy atom. The summed E-state index contributed by atoms with van der Waals surface area (Å²) in [7, 11) is -2.43. The Morgan fingerprint density at radius 3 is 2.53 bits per heavy atom. The number of anilines is 1. The molecule has 0 fully saturated rings. The Bertz CT molecular complexity index is 1040. The Balaban J connectivity index is 1.63. The summed E-state index contributed by atoms with van der Waals surface area (Å²) in [6.07, 6.45) is 1.28. The van der Waals surface area contributed by atoms with Crippen LogP contribution >= 0.6 is 0 Å². The fourth-order valence-corrected chi connectivity index (χ4v) is 4.94. The molecule has 1 aliphatic heterocycles. The maximum absolute atomic E-state index is 12.9. The van der Waals surface area contributed by atoms with Gasteiger partial charge in [0.15, 0.2) is 0 Å². The highest BCUT2D eigenvalue weighted by molar-refractivity contribution is 7.89. The van der Waals surface area contributed by atoms with Gasteiger partial charge in [0.05, 0.1) is 11.4 Å². The molecule has 2 amide bonds. The van der Waals surface area contributed by atoms with E-state index in [0.29, 0.717) is 19.4 Å². The highest BCUT2D eigenvalue weighted by atomic mass is 32.2. The van der Waals surface area contributed by atoms with Crippen LogP contribution in [0.2, 0.25) is 0 Å². The van der Waals surface area contributed by atoms with Gasteiger partial charge < -0.3 is 10.2 Å². The number of fused-ring (bicyclic) bond motifs is 1. The van der Waals surface area contributed by atoms with Gasteiger partial charge in [-0.25, -0.2) is 8.42 Å². The molecule has 8 heteroatoms. The number of likely N-dealkylation sites (N-methyl/N-ethyl adjacent to an activating group) is 1. The smallest absolute Gasteiger partial charge is 0.243 e. The molecule has 1 atom stereocenters. The van der Waals surface area contributed by atoms with Crippen LogP contribution < -0.4 is 10.2 Å². The van der Waals surface area contributed by atoms with Crippen LogP contribution in [0.15, 0.2) is 53.4 Å². The molecule has 160 valence electrons. The molecule has 0 radical (unpaired) electrons. The minimum absolute atomic E-state index is 0.0106. The van der Waals surface area contributed by atoms with Gasteiger partial charge in [0.2, 0.25) is 21.8 Å². The minimum Gasteiger partial charge on any atom is -0.355 e. The first-order chi connectivity index (χ1) is 14.2. The summed E-state index contributed by atoms with van der Waals surface area (Å²) in [6.45, 7) is 3.61. The second kappa shape index (κ2) is 8.97. The van der Waals surface area contributed by atoms with Gasteiger partial charge in [-0.2, -0.15) is 4.31 Å². The van der Waals surface area contributed by atoms with E-state index in [4.69, 9.17) is 0 Å². The minimum atomic E-state index is -3.82. The van der Waals surface area contributed by atoms with Crippen molar-refractivity contribution in [2.24, 2.45) is 0 Å². The van der Waals surface area contributed by atoms with E-state index < -0.39 is 10.0 Å². The third-order valence-corrected chi connectivity index (χ3v) is 7.06. The highest BCUT2D eigenvalue weighted by Gasteiger charge is 2.31. The van der Waals surface area contributed by atoms with E-state index in [-0.39, 0.29) is 29.3 Å². The fraction of sp³-hybridized carbons (Fsp3) is 0.364. The normalized spacial score (nSPS) is 15.9. The van der Waals surface area contributed by atoms with E-state index >= 15 is 0 Å². The van der Waals surface area contributed by atoms with Gasteiger partial charge in [0.1, 0.15) is 0 Å². The number of amides is 2. The molecule has 7 nitrogen and oxygen atoms in total. The summed E-state index contributed by atoms with van der Waals surface area (Å²) in [5, 5.41) is 2.76. The van der Waals surface area contributed by atoms with Gasteiger partial charge in [-0.3, -0.25) is 9.59 Å². The van der Waals surface area contributed by atoms with Crippen LogP contribution in [0.5, 0.6) is 0 Å². The van der Waals surface area contributed by atoms with E-state index in [1.807, 2.05) is 37.3 Å². The summed E-state index contributed by atoms with van der Waals surface area (Å²) in [5.41, 5.74) is 2.67. The number of benzene rings is 2. The molecular weight excluding hydrogens is 402 g/mol. The number of hydrogen-bond donors (Lipinski definition) is 1. The summed E-state index contributed by atoms with van der Waals surface area (Å²) in [4.78, 5) is 25.9. The zero-order valence-electron chi connectivity index (χ0n) is 17.5. The lowest BCUT2D eigenvalue weighted by molar-refractivity contribution is -0.121. The van der Waals surface area contributed by atoms with Crippen molar-refractivity contribution in [1.29, 1.82) is 0 Å². The summed E-state index contributed by atoms with van der Waals surface area (Å²) in [5.74, 6) is -0.421. The maximum Gasteiger partial charge on any atom is 0.243 e. The van der Waals surface area contributed by atoms with Crippen LogP contribution in [0.4, 0.5) is 5.69 Å². The summed E-state index contributed by atoms with van der Waals surface area (Å²) < 4.78 is 26.9. The number of hydrogen-bond acceptors (Lipinski definition) is 4. The van der Waals surface area contributed by atoms with Crippen LogP contribution in [0.1, 0.15) is 25.0 Å². The lowest BCUT2D eigenvalue weighted by Crippen LogP contribution is -2.39.